The Hall–Kier alpha value is -3.38. The van der Waals surface area contributed by atoms with Crippen molar-refractivity contribution in [3.05, 3.63) is 48.2 Å². The van der Waals surface area contributed by atoms with Crippen LogP contribution in [0.15, 0.2) is 45.9 Å². The Bertz CT molecular complexity index is 1450. The second-order valence-electron chi connectivity index (χ2n) is 8.75. The van der Waals surface area contributed by atoms with Gasteiger partial charge in [-0.25, -0.2) is 18.2 Å². The lowest BCUT2D eigenvalue weighted by molar-refractivity contribution is 0.252. The maximum atomic E-state index is 12.3. The van der Waals surface area contributed by atoms with E-state index >= 15 is 0 Å². The van der Waals surface area contributed by atoms with Crippen molar-refractivity contribution in [1.82, 2.24) is 25.4 Å². The molecule has 0 aliphatic rings. The Morgan fingerprint density at radius 3 is 2.68 bits per heavy atom. The van der Waals surface area contributed by atoms with Crippen LogP contribution in [0.3, 0.4) is 0 Å². The predicted octanol–water partition coefficient (Wildman–Crippen LogP) is 3.81. The number of fused-ring (bicyclic) bond motifs is 1. The molecule has 12 heteroatoms. The Labute approximate surface area is 200 Å². The van der Waals surface area contributed by atoms with Gasteiger partial charge < -0.3 is 9.84 Å². The number of amides is 2. The molecular formula is C22H24N6O4S2. The summed E-state index contributed by atoms with van der Waals surface area (Å²) in [5.41, 5.74) is 1.70. The number of anilines is 1. The number of nitrogens with zero attached hydrogens (tertiary/aromatic N) is 4. The van der Waals surface area contributed by atoms with E-state index in [1.54, 1.807) is 30.5 Å². The molecule has 0 saturated heterocycles. The van der Waals surface area contributed by atoms with Gasteiger partial charge in [0.15, 0.2) is 20.8 Å². The van der Waals surface area contributed by atoms with Gasteiger partial charge in [0.05, 0.1) is 21.5 Å². The number of hydrogen-bond donors (Lipinski definition) is 2. The summed E-state index contributed by atoms with van der Waals surface area (Å²) in [7, 11) is -3.32. The molecule has 3 heterocycles. The first-order valence-corrected chi connectivity index (χ1v) is 13.1. The fourth-order valence-electron chi connectivity index (χ4n) is 3.02. The van der Waals surface area contributed by atoms with Gasteiger partial charge in [-0.15, -0.1) is 0 Å². The second-order valence-corrected chi connectivity index (χ2v) is 11.8. The van der Waals surface area contributed by atoms with Crippen LogP contribution in [-0.2, 0) is 21.7 Å². The number of aromatic nitrogens is 4. The number of nitrogens with one attached hydrogen (secondary N) is 2. The van der Waals surface area contributed by atoms with E-state index in [2.05, 4.69) is 30.7 Å². The van der Waals surface area contributed by atoms with Crippen LogP contribution >= 0.6 is 11.3 Å². The number of rotatable bonds is 6. The number of carbonyl (C=O) groups excluding carboxylic acids is 1. The van der Waals surface area contributed by atoms with Crippen LogP contribution in [0.5, 0.6) is 0 Å². The molecule has 3 aromatic heterocycles. The highest BCUT2D eigenvalue weighted by Gasteiger charge is 2.21. The highest BCUT2D eigenvalue weighted by molar-refractivity contribution is 7.90. The standard InChI is InChI=1S/C22H24N6O4S2/c1-22(2,3)19-26-18(28-32-19)8-9-23-20(29)27-21-25-16-12-24-15(11-17(16)33-21)13-6-5-7-14(10-13)34(4,30)31/h5-7,10-12H,8-9H2,1-4H3,(H2,23,25,27,29). The molecule has 2 amide bonds. The minimum atomic E-state index is -3.32. The van der Waals surface area contributed by atoms with Crippen molar-refractivity contribution in [2.24, 2.45) is 0 Å². The van der Waals surface area contributed by atoms with Crippen molar-refractivity contribution in [2.45, 2.75) is 37.5 Å². The molecule has 4 rings (SSSR count). The quantitative estimate of drug-likeness (QED) is 0.407. The van der Waals surface area contributed by atoms with E-state index in [-0.39, 0.29) is 10.3 Å². The molecule has 2 N–H and O–H groups in total. The van der Waals surface area contributed by atoms with Crippen LogP contribution in [0.25, 0.3) is 21.5 Å². The maximum absolute atomic E-state index is 12.3. The van der Waals surface area contributed by atoms with E-state index < -0.39 is 15.9 Å². The van der Waals surface area contributed by atoms with Gasteiger partial charge in [0.25, 0.3) is 0 Å². The number of thiazole rings is 1. The minimum Gasteiger partial charge on any atom is -0.339 e. The molecule has 4 aromatic rings. The number of urea groups is 1. The fraction of sp³-hybridized carbons (Fsp3) is 0.318. The van der Waals surface area contributed by atoms with Crippen molar-refractivity contribution in [2.75, 3.05) is 18.1 Å². The van der Waals surface area contributed by atoms with E-state index in [0.29, 0.717) is 46.6 Å². The number of hydrogen-bond acceptors (Lipinski definition) is 9. The average Bonchev–Trinajstić information content (AvgIpc) is 3.39. The third-order valence-electron chi connectivity index (χ3n) is 4.80. The van der Waals surface area contributed by atoms with Crippen LogP contribution in [-0.4, -0.2) is 47.4 Å². The van der Waals surface area contributed by atoms with Gasteiger partial charge >= 0.3 is 6.03 Å². The van der Waals surface area contributed by atoms with E-state index in [1.807, 2.05) is 26.8 Å². The number of benzene rings is 1. The fourth-order valence-corrected chi connectivity index (χ4v) is 4.55. The zero-order chi connectivity index (χ0) is 24.5. The Morgan fingerprint density at radius 1 is 1.18 bits per heavy atom. The lowest BCUT2D eigenvalue weighted by Crippen LogP contribution is -2.30. The van der Waals surface area contributed by atoms with Crippen molar-refractivity contribution >= 4 is 42.6 Å². The Balaban J connectivity index is 1.39. The molecule has 0 atom stereocenters. The van der Waals surface area contributed by atoms with Gasteiger partial charge in [0.1, 0.15) is 5.52 Å². The van der Waals surface area contributed by atoms with Crippen molar-refractivity contribution in [1.29, 1.82) is 0 Å². The first kappa shape index (κ1) is 23.8. The lowest BCUT2D eigenvalue weighted by Gasteiger charge is -2.10. The van der Waals surface area contributed by atoms with Gasteiger partial charge in [0, 0.05) is 30.2 Å². The van der Waals surface area contributed by atoms with Crippen molar-refractivity contribution in [3.8, 4) is 11.3 Å². The first-order valence-electron chi connectivity index (χ1n) is 10.4. The number of carbonyl (C=O) groups is 1. The molecule has 10 nitrogen and oxygen atoms in total. The third-order valence-corrected chi connectivity index (χ3v) is 6.84. The summed E-state index contributed by atoms with van der Waals surface area (Å²) in [5.74, 6) is 1.08. The van der Waals surface area contributed by atoms with E-state index in [0.717, 1.165) is 4.70 Å². The molecule has 0 radical (unpaired) electrons. The van der Waals surface area contributed by atoms with Crippen LogP contribution in [0.4, 0.5) is 9.93 Å². The summed E-state index contributed by atoms with van der Waals surface area (Å²) in [6.45, 7) is 6.29. The Kier molecular flexibility index (Phi) is 6.36. The summed E-state index contributed by atoms with van der Waals surface area (Å²) in [6.07, 6.45) is 3.20. The molecule has 0 bridgehead atoms. The third kappa shape index (κ3) is 5.57. The number of sulfone groups is 1. The Morgan fingerprint density at radius 2 is 1.97 bits per heavy atom. The smallest absolute Gasteiger partial charge is 0.321 e. The van der Waals surface area contributed by atoms with Crippen LogP contribution in [0.2, 0.25) is 0 Å². The van der Waals surface area contributed by atoms with Gasteiger partial charge in [-0.3, -0.25) is 10.3 Å². The topological polar surface area (TPSA) is 140 Å². The van der Waals surface area contributed by atoms with Gasteiger partial charge in [0.2, 0.25) is 5.89 Å². The summed E-state index contributed by atoms with van der Waals surface area (Å²) >= 11 is 1.30. The molecule has 0 saturated carbocycles. The monoisotopic (exact) mass is 500 g/mol. The summed E-state index contributed by atoms with van der Waals surface area (Å²) in [5, 5.41) is 9.83. The van der Waals surface area contributed by atoms with Crippen LogP contribution in [0, 0.1) is 0 Å². The first-order chi connectivity index (χ1) is 16.0. The SMILES string of the molecule is CC(C)(C)c1nc(CCNC(=O)Nc2nc3cnc(-c4cccc(S(C)(=O)=O)c4)cc3s2)no1. The van der Waals surface area contributed by atoms with Crippen molar-refractivity contribution in [3.63, 3.8) is 0 Å². The summed E-state index contributed by atoms with van der Waals surface area (Å²) < 4.78 is 29.7. The second kappa shape index (κ2) is 9.11. The highest BCUT2D eigenvalue weighted by atomic mass is 32.2. The molecule has 1 aromatic carbocycles. The molecule has 0 aliphatic carbocycles. The normalized spacial score (nSPS) is 12.1. The number of pyridine rings is 1. The molecule has 0 unspecified atom stereocenters. The molecular weight excluding hydrogens is 476 g/mol. The van der Waals surface area contributed by atoms with Gasteiger partial charge in [-0.1, -0.05) is 49.4 Å². The zero-order valence-corrected chi connectivity index (χ0v) is 20.7. The van der Waals surface area contributed by atoms with E-state index in [9.17, 15) is 13.2 Å². The highest BCUT2D eigenvalue weighted by Crippen LogP contribution is 2.29. The van der Waals surface area contributed by atoms with E-state index in [1.165, 1.54) is 17.6 Å². The van der Waals surface area contributed by atoms with Crippen LogP contribution in [0.1, 0.15) is 32.5 Å². The average molecular weight is 501 g/mol. The predicted molar refractivity (Wildman–Crippen MR) is 130 cm³/mol. The molecule has 0 aliphatic heterocycles. The molecule has 178 valence electrons. The summed E-state index contributed by atoms with van der Waals surface area (Å²) in [6, 6.07) is 8.04. The molecule has 0 spiro atoms. The lowest BCUT2D eigenvalue weighted by atomic mass is 9.97. The maximum Gasteiger partial charge on any atom is 0.321 e. The van der Waals surface area contributed by atoms with Gasteiger partial charge in [-0.05, 0) is 18.2 Å². The zero-order valence-electron chi connectivity index (χ0n) is 19.1. The minimum absolute atomic E-state index is 0.227. The largest absolute Gasteiger partial charge is 0.339 e. The molecule has 0 fully saturated rings. The van der Waals surface area contributed by atoms with Gasteiger partial charge in [-0.2, -0.15) is 4.98 Å². The molecule has 34 heavy (non-hydrogen) atoms. The summed E-state index contributed by atoms with van der Waals surface area (Å²) in [4.78, 5) is 25.6. The van der Waals surface area contributed by atoms with Crippen molar-refractivity contribution < 1.29 is 17.7 Å². The van der Waals surface area contributed by atoms with Crippen LogP contribution < -0.4 is 10.6 Å². The van der Waals surface area contributed by atoms with E-state index in [4.69, 9.17) is 4.52 Å².